The molecule has 0 aliphatic heterocycles. The molecule has 0 saturated heterocycles. The van der Waals surface area contributed by atoms with Crippen molar-refractivity contribution in [2.75, 3.05) is 10.0 Å². The number of hydrogen-bond acceptors (Lipinski definition) is 5. The standard InChI is InChI=1S/C20H14Br2N2O5S/c21-14-5-7-15(8-6-14)23-19(25)12-4-9-17(22)18(11-12)30(28,29)24-16-3-1-2-13(10-16)20(26)27/h1-11,24H,(H,23,25)(H,26,27)/p-1. The van der Waals surface area contributed by atoms with E-state index in [4.69, 9.17) is 0 Å². The molecule has 3 aromatic rings. The van der Waals surface area contributed by atoms with Gasteiger partial charge < -0.3 is 15.2 Å². The Hall–Kier alpha value is -2.69. The number of carboxylic acids is 1. The molecule has 0 aliphatic rings. The highest BCUT2D eigenvalue weighted by Gasteiger charge is 2.20. The van der Waals surface area contributed by atoms with E-state index < -0.39 is 21.9 Å². The SMILES string of the molecule is O=C([O-])c1cccc(NS(=O)(=O)c2cc(C(=O)Nc3ccc(Br)cc3)ccc2Br)c1. The van der Waals surface area contributed by atoms with Crippen molar-refractivity contribution in [3.63, 3.8) is 0 Å². The number of halogens is 2. The number of benzene rings is 3. The zero-order chi connectivity index (χ0) is 21.9. The molecule has 0 bridgehead atoms. The van der Waals surface area contributed by atoms with Gasteiger partial charge in [0.05, 0.1) is 5.97 Å². The van der Waals surface area contributed by atoms with E-state index in [-0.39, 0.29) is 26.2 Å². The summed E-state index contributed by atoms with van der Waals surface area (Å²) in [6.45, 7) is 0. The van der Waals surface area contributed by atoms with Crippen molar-refractivity contribution >= 4 is 65.1 Å². The number of anilines is 2. The van der Waals surface area contributed by atoms with Crippen LogP contribution >= 0.6 is 31.9 Å². The van der Waals surface area contributed by atoms with Gasteiger partial charge in [-0.15, -0.1) is 0 Å². The zero-order valence-electron chi connectivity index (χ0n) is 15.1. The van der Waals surface area contributed by atoms with E-state index in [0.29, 0.717) is 5.69 Å². The second kappa shape index (κ2) is 8.99. The average Bonchev–Trinajstić information content (AvgIpc) is 2.69. The van der Waals surface area contributed by atoms with Crippen molar-refractivity contribution in [1.82, 2.24) is 0 Å². The van der Waals surface area contributed by atoms with Crippen LogP contribution in [0.3, 0.4) is 0 Å². The number of amides is 1. The highest BCUT2D eigenvalue weighted by Crippen LogP contribution is 2.26. The number of hydrogen-bond donors (Lipinski definition) is 2. The molecule has 0 spiro atoms. The number of carbonyl (C=O) groups excluding carboxylic acids is 2. The van der Waals surface area contributed by atoms with E-state index in [2.05, 4.69) is 41.9 Å². The Labute approximate surface area is 189 Å². The number of sulfonamides is 1. The van der Waals surface area contributed by atoms with Crippen molar-refractivity contribution in [2.24, 2.45) is 0 Å². The quantitative estimate of drug-likeness (QED) is 0.484. The smallest absolute Gasteiger partial charge is 0.263 e. The molecule has 154 valence electrons. The van der Waals surface area contributed by atoms with Crippen LogP contribution in [0.25, 0.3) is 0 Å². The summed E-state index contributed by atoms with van der Waals surface area (Å²) < 4.78 is 29.1. The molecule has 0 aliphatic carbocycles. The zero-order valence-corrected chi connectivity index (χ0v) is 19.0. The maximum absolute atomic E-state index is 12.8. The Morgan fingerprint density at radius 2 is 1.53 bits per heavy atom. The topological polar surface area (TPSA) is 115 Å². The lowest BCUT2D eigenvalue weighted by atomic mass is 10.2. The molecule has 10 heteroatoms. The Balaban J connectivity index is 1.88. The number of nitrogens with one attached hydrogen (secondary N) is 2. The fourth-order valence-electron chi connectivity index (χ4n) is 2.51. The van der Waals surface area contributed by atoms with Crippen LogP contribution in [0.1, 0.15) is 20.7 Å². The van der Waals surface area contributed by atoms with Gasteiger partial charge in [-0.3, -0.25) is 9.52 Å². The molecule has 3 rings (SSSR count). The van der Waals surface area contributed by atoms with Crippen molar-refractivity contribution in [2.45, 2.75) is 4.90 Å². The molecular formula is C20H13Br2N2O5S-. The predicted molar refractivity (Wildman–Crippen MR) is 118 cm³/mol. The van der Waals surface area contributed by atoms with Crippen LogP contribution in [0.15, 0.2) is 80.6 Å². The largest absolute Gasteiger partial charge is 0.545 e. The van der Waals surface area contributed by atoms with Gasteiger partial charge in [-0.05, 0) is 76.1 Å². The van der Waals surface area contributed by atoms with E-state index in [1.54, 1.807) is 24.3 Å². The maximum Gasteiger partial charge on any atom is 0.263 e. The summed E-state index contributed by atoms with van der Waals surface area (Å²) >= 11 is 6.49. The van der Waals surface area contributed by atoms with E-state index in [1.807, 2.05) is 0 Å². The lowest BCUT2D eigenvalue weighted by molar-refractivity contribution is -0.255. The summed E-state index contributed by atoms with van der Waals surface area (Å²) in [7, 11) is -4.12. The van der Waals surface area contributed by atoms with Gasteiger partial charge in [0.2, 0.25) is 0 Å². The van der Waals surface area contributed by atoms with Gasteiger partial charge in [-0.1, -0.05) is 28.1 Å². The monoisotopic (exact) mass is 551 g/mol. The van der Waals surface area contributed by atoms with Crippen molar-refractivity contribution in [1.29, 1.82) is 0 Å². The van der Waals surface area contributed by atoms with Gasteiger partial charge in [0.15, 0.2) is 0 Å². The van der Waals surface area contributed by atoms with Crippen LogP contribution < -0.4 is 15.1 Å². The predicted octanol–water partition coefficient (Wildman–Crippen LogP) is 3.63. The molecule has 0 radical (unpaired) electrons. The number of carboxylic acid groups (broad SMARTS) is 1. The highest BCUT2D eigenvalue weighted by atomic mass is 79.9. The van der Waals surface area contributed by atoms with E-state index in [9.17, 15) is 23.1 Å². The minimum atomic E-state index is -4.12. The van der Waals surface area contributed by atoms with Gasteiger partial charge in [-0.2, -0.15) is 0 Å². The molecule has 0 unspecified atom stereocenters. The van der Waals surface area contributed by atoms with Gasteiger partial charge in [0, 0.05) is 25.9 Å². The Kier molecular flexibility index (Phi) is 6.59. The number of carbonyl (C=O) groups is 2. The van der Waals surface area contributed by atoms with E-state index in [0.717, 1.165) is 10.5 Å². The van der Waals surface area contributed by atoms with E-state index in [1.165, 1.54) is 36.4 Å². The first-order valence-electron chi connectivity index (χ1n) is 8.36. The summed E-state index contributed by atoms with van der Waals surface area (Å²) in [5, 5.41) is 13.7. The van der Waals surface area contributed by atoms with Crippen molar-refractivity contribution in [3.8, 4) is 0 Å². The van der Waals surface area contributed by atoms with Crippen LogP contribution in [0.5, 0.6) is 0 Å². The third-order valence-electron chi connectivity index (χ3n) is 3.94. The van der Waals surface area contributed by atoms with Gasteiger partial charge in [0.25, 0.3) is 15.9 Å². The Bertz CT molecular complexity index is 1230. The number of aromatic carboxylic acids is 1. The average molecular weight is 553 g/mol. The van der Waals surface area contributed by atoms with Gasteiger partial charge in [-0.25, -0.2) is 8.42 Å². The molecule has 2 N–H and O–H groups in total. The minimum absolute atomic E-state index is 0.0494. The first-order chi connectivity index (χ1) is 14.2. The van der Waals surface area contributed by atoms with Crippen LogP contribution in [0, 0.1) is 0 Å². The first kappa shape index (κ1) is 22.0. The fourth-order valence-corrected chi connectivity index (χ4v) is 4.81. The Morgan fingerprint density at radius 1 is 0.833 bits per heavy atom. The van der Waals surface area contributed by atoms with Crippen molar-refractivity contribution < 1.29 is 23.1 Å². The molecule has 7 nitrogen and oxygen atoms in total. The molecular weight excluding hydrogens is 540 g/mol. The fraction of sp³-hybridized carbons (Fsp3) is 0. The third-order valence-corrected chi connectivity index (χ3v) is 6.84. The molecule has 0 heterocycles. The molecule has 0 saturated carbocycles. The summed E-state index contributed by atoms with van der Waals surface area (Å²) in [5.41, 5.74) is 0.558. The van der Waals surface area contributed by atoms with Crippen LogP contribution in [-0.2, 0) is 10.0 Å². The summed E-state index contributed by atoms with van der Waals surface area (Å²) in [4.78, 5) is 23.4. The van der Waals surface area contributed by atoms with Crippen LogP contribution in [0.2, 0.25) is 0 Å². The van der Waals surface area contributed by atoms with Crippen molar-refractivity contribution in [3.05, 3.63) is 86.8 Å². The molecule has 3 aromatic carbocycles. The summed E-state index contributed by atoms with van der Waals surface area (Å²) in [5.74, 6) is -1.91. The molecule has 0 atom stereocenters. The number of rotatable bonds is 6. The second-order valence-corrected chi connectivity index (χ2v) is 9.50. The van der Waals surface area contributed by atoms with Gasteiger partial charge >= 0.3 is 0 Å². The van der Waals surface area contributed by atoms with Crippen LogP contribution in [0.4, 0.5) is 11.4 Å². The van der Waals surface area contributed by atoms with E-state index >= 15 is 0 Å². The third kappa shape index (κ3) is 5.26. The normalized spacial score (nSPS) is 11.0. The first-order valence-corrected chi connectivity index (χ1v) is 11.4. The lowest BCUT2D eigenvalue weighted by Gasteiger charge is -2.13. The second-order valence-electron chi connectivity index (χ2n) is 6.08. The minimum Gasteiger partial charge on any atom is -0.545 e. The van der Waals surface area contributed by atoms with Crippen LogP contribution in [-0.4, -0.2) is 20.3 Å². The Morgan fingerprint density at radius 3 is 2.20 bits per heavy atom. The lowest BCUT2D eigenvalue weighted by Crippen LogP contribution is -2.22. The molecule has 30 heavy (non-hydrogen) atoms. The molecule has 0 aromatic heterocycles. The summed E-state index contributed by atoms with van der Waals surface area (Å²) in [6.07, 6.45) is 0. The maximum atomic E-state index is 12.8. The van der Waals surface area contributed by atoms with Gasteiger partial charge in [0.1, 0.15) is 4.90 Å². The highest BCUT2D eigenvalue weighted by molar-refractivity contribution is 9.10. The summed E-state index contributed by atoms with van der Waals surface area (Å²) in [6, 6.07) is 16.3. The molecule has 0 fully saturated rings. The molecule has 1 amide bonds.